The molecule has 1 aromatic carbocycles. The molecule has 5 heteroatoms. The Morgan fingerprint density at radius 1 is 1.00 bits per heavy atom. The maximum atomic E-state index is 11.7. The molecule has 2 N–H and O–H groups in total. The van der Waals surface area contributed by atoms with Crippen molar-refractivity contribution in [3.63, 3.8) is 0 Å². The number of aryl methyl sites for hydroxylation is 1. The summed E-state index contributed by atoms with van der Waals surface area (Å²) < 4.78 is 0. The topological polar surface area (TPSA) is 75.3 Å². The molecule has 1 rings (SSSR count). The molecule has 102 valence electrons. The minimum atomic E-state index is -0.322. The second-order valence-electron chi connectivity index (χ2n) is 4.35. The van der Waals surface area contributed by atoms with Gasteiger partial charge in [0, 0.05) is 18.7 Å². The third kappa shape index (κ3) is 5.81. The summed E-state index contributed by atoms with van der Waals surface area (Å²) in [6, 6.07) is 7.23. The van der Waals surface area contributed by atoms with Crippen molar-refractivity contribution in [2.24, 2.45) is 0 Å². The van der Waals surface area contributed by atoms with Crippen LogP contribution in [0, 0.1) is 6.92 Å². The molecular formula is C14H18N2O3. The second kappa shape index (κ2) is 7.31. The van der Waals surface area contributed by atoms with E-state index in [0.717, 1.165) is 5.56 Å². The summed E-state index contributed by atoms with van der Waals surface area (Å²) in [5.74, 6) is -0.681. The first-order valence-electron chi connectivity index (χ1n) is 6.10. The van der Waals surface area contributed by atoms with Gasteiger partial charge in [-0.15, -0.1) is 0 Å². The molecule has 1 aromatic rings. The van der Waals surface area contributed by atoms with Crippen LogP contribution in [0.25, 0.3) is 0 Å². The summed E-state index contributed by atoms with van der Waals surface area (Å²) >= 11 is 0. The largest absolute Gasteiger partial charge is 0.354 e. The normalized spacial score (nSPS) is 9.79. The highest BCUT2D eigenvalue weighted by Gasteiger charge is 2.06. The van der Waals surface area contributed by atoms with E-state index in [1.165, 1.54) is 6.92 Å². The molecule has 5 nitrogen and oxygen atoms in total. The molecule has 0 atom stereocenters. The molecular weight excluding hydrogens is 244 g/mol. The number of benzene rings is 1. The number of hydrogen-bond donors (Lipinski definition) is 2. The Labute approximate surface area is 112 Å². The van der Waals surface area contributed by atoms with Crippen molar-refractivity contribution in [2.45, 2.75) is 20.3 Å². The molecule has 0 unspecified atom stereocenters. The Morgan fingerprint density at radius 3 is 2.16 bits per heavy atom. The second-order valence-corrected chi connectivity index (χ2v) is 4.35. The molecule has 0 fully saturated rings. The summed E-state index contributed by atoms with van der Waals surface area (Å²) in [5.41, 5.74) is 1.67. The average molecular weight is 262 g/mol. The zero-order valence-corrected chi connectivity index (χ0v) is 11.2. The summed E-state index contributed by atoms with van der Waals surface area (Å²) in [6.07, 6.45) is -0.119. The molecule has 0 bridgehead atoms. The summed E-state index contributed by atoms with van der Waals surface area (Å²) in [6.45, 7) is 3.95. The summed E-state index contributed by atoms with van der Waals surface area (Å²) in [7, 11) is 0. The van der Waals surface area contributed by atoms with Crippen molar-refractivity contribution in [3.05, 3.63) is 35.4 Å². The molecule has 0 radical (unpaired) electrons. The van der Waals surface area contributed by atoms with Gasteiger partial charge in [0.15, 0.2) is 0 Å². The Morgan fingerprint density at radius 2 is 1.58 bits per heavy atom. The van der Waals surface area contributed by atoms with Crippen LogP contribution in [-0.4, -0.2) is 30.7 Å². The van der Waals surface area contributed by atoms with Gasteiger partial charge in [-0.3, -0.25) is 14.4 Å². The maximum Gasteiger partial charge on any atom is 0.251 e. The van der Waals surface area contributed by atoms with Crippen LogP contribution in [0.15, 0.2) is 24.3 Å². The zero-order valence-electron chi connectivity index (χ0n) is 11.2. The lowest BCUT2D eigenvalue weighted by molar-refractivity contribution is -0.127. The van der Waals surface area contributed by atoms with Gasteiger partial charge in [0.2, 0.25) is 5.91 Å². The summed E-state index contributed by atoms with van der Waals surface area (Å²) in [4.78, 5) is 33.5. The Balaban J connectivity index is 2.26. The molecule has 0 saturated heterocycles. The van der Waals surface area contributed by atoms with Crippen molar-refractivity contribution in [1.29, 1.82) is 0 Å². The molecule has 0 aliphatic heterocycles. The highest BCUT2D eigenvalue weighted by molar-refractivity contribution is 5.97. The fraction of sp³-hybridized carbons (Fsp3) is 0.357. The van der Waals surface area contributed by atoms with E-state index in [1.807, 2.05) is 19.1 Å². The number of carbonyl (C=O) groups is 3. The number of nitrogens with one attached hydrogen (secondary N) is 2. The number of ketones is 1. The predicted octanol–water partition coefficient (Wildman–Crippen LogP) is 0.820. The predicted molar refractivity (Wildman–Crippen MR) is 71.8 cm³/mol. The first kappa shape index (κ1) is 14.9. The lowest BCUT2D eigenvalue weighted by atomic mass is 10.1. The van der Waals surface area contributed by atoms with Gasteiger partial charge in [-0.2, -0.15) is 0 Å². The number of amides is 2. The SMILES string of the molecule is CC(=O)CC(=O)NCCNC(=O)c1ccc(C)cc1. The van der Waals surface area contributed by atoms with E-state index in [9.17, 15) is 14.4 Å². The van der Waals surface area contributed by atoms with Gasteiger partial charge in [0.05, 0.1) is 6.42 Å². The van der Waals surface area contributed by atoms with Gasteiger partial charge in [-0.05, 0) is 26.0 Å². The van der Waals surface area contributed by atoms with E-state index in [1.54, 1.807) is 12.1 Å². The van der Waals surface area contributed by atoms with Gasteiger partial charge >= 0.3 is 0 Å². The summed E-state index contributed by atoms with van der Waals surface area (Å²) in [5, 5.41) is 5.24. The third-order valence-electron chi connectivity index (χ3n) is 2.46. The van der Waals surface area contributed by atoms with Gasteiger partial charge in [0.1, 0.15) is 5.78 Å². The molecule has 0 aliphatic carbocycles. The Hall–Kier alpha value is -2.17. The van der Waals surface area contributed by atoms with E-state index in [-0.39, 0.29) is 24.0 Å². The quantitative estimate of drug-likeness (QED) is 0.588. The van der Waals surface area contributed by atoms with Crippen molar-refractivity contribution < 1.29 is 14.4 Å². The van der Waals surface area contributed by atoms with Crippen LogP contribution in [0.2, 0.25) is 0 Å². The number of Topliss-reactive ketones (excluding diaryl/α,β-unsaturated/α-hetero) is 1. The molecule has 2 amide bonds. The van der Waals surface area contributed by atoms with Gasteiger partial charge in [-0.1, -0.05) is 17.7 Å². The van der Waals surface area contributed by atoms with E-state index < -0.39 is 0 Å². The van der Waals surface area contributed by atoms with Crippen LogP contribution in [0.4, 0.5) is 0 Å². The molecule has 0 aliphatic rings. The first-order chi connectivity index (χ1) is 8.99. The van der Waals surface area contributed by atoms with Crippen LogP contribution < -0.4 is 10.6 Å². The van der Waals surface area contributed by atoms with E-state index >= 15 is 0 Å². The first-order valence-corrected chi connectivity index (χ1v) is 6.10. The van der Waals surface area contributed by atoms with Crippen LogP contribution >= 0.6 is 0 Å². The van der Waals surface area contributed by atoms with Crippen LogP contribution in [0.5, 0.6) is 0 Å². The third-order valence-corrected chi connectivity index (χ3v) is 2.46. The van der Waals surface area contributed by atoms with Crippen molar-refractivity contribution in [1.82, 2.24) is 10.6 Å². The van der Waals surface area contributed by atoms with E-state index in [2.05, 4.69) is 10.6 Å². The molecule has 19 heavy (non-hydrogen) atoms. The minimum Gasteiger partial charge on any atom is -0.354 e. The Bertz CT molecular complexity index is 466. The smallest absolute Gasteiger partial charge is 0.251 e. The number of carbonyl (C=O) groups excluding carboxylic acids is 3. The number of rotatable bonds is 6. The van der Waals surface area contributed by atoms with E-state index in [0.29, 0.717) is 18.7 Å². The lowest BCUT2D eigenvalue weighted by Gasteiger charge is -2.06. The molecule has 0 spiro atoms. The van der Waals surface area contributed by atoms with Crippen molar-refractivity contribution in [2.75, 3.05) is 13.1 Å². The zero-order chi connectivity index (χ0) is 14.3. The maximum absolute atomic E-state index is 11.7. The Kier molecular flexibility index (Phi) is 5.73. The van der Waals surface area contributed by atoms with Gasteiger partial charge in [0.25, 0.3) is 5.91 Å². The highest BCUT2D eigenvalue weighted by atomic mass is 16.2. The van der Waals surface area contributed by atoms with Crippen LogP contribution in [-0.2, 0) is 9.59 Å². The standard InChI is InChI=1S/C14H18N2O3/c1-10-3-5-12(6-4-10)14(19)16-8-7-15-13(18)9-11(2)17/h3-6H,7-9H2,1-2H3,(H,15,18)(H,16,19). The van der Waals surface area contributed by atoms with Gasteiger partial charge < -0.3 is 10.6 Å². The van der Waals surface area contributed by atoms with Crippen LogP contribution in [0.1, 0.15) is 29.3 Å². The minimum absolute atomic E-state index is 0.119. The molecule has 0 aromatic heterocycles. The van der Waals surface area contributed by atoms with Crippen molar-refractivity contribution in [3.8, 4) is 0 Å². The van der Waals surface area contributed by atoms with E-state index in [4.69, 9.17) is 0 Å². The highest BCUT2D eigenvalue weighted by Crippen LogP contribution is 2.02. The fourth-order valence-electron chi connectivity index (χ4n) is 1.47. The van der Waals surface area contributed by atoms with Crippen LogP contribution in [0.3, 0.4) is 0 Å². The average Bonchev–Trinajstić information content (AvgIpc) is 2.34. The lowest BCUT2D eigenvalue weighted by Crippen LogP contribution is -2.35. The van der Waals surface area contributed by atoms with Gasteiger partial charge in [-0.25, -0.2) is 0 Å². The monoisotopic (exact) mass is 262 g/mol. The fourth-order valence-corrected chi connectivity index (χ4v) is 1.47. The molecule has 0 heterocycles. The number of hydrogen-bond acceptors (Lipinski definition) is 3. The molecule has 0 saturated carbocycles. The van der Waals surface area contributed by atoms with Crippen molar-refractivity contribution >= 4 is 17.6 Å².